The van der Waals surface area contributed by atoms with Gasteiger partial charge in [0, 0.05) is 51.1 Å². The highest BCUT2D eigenvalue weighted by atomic mass is 19.4. The summed E-state index contributed by atoms with van der Waals surface area (Å²) in [7, 11) is 0. The number of nitrogens with zero attached hydrogens (tertiary/aromatic N) is 6. The van der Waals surface area contributed by atoms with E-state index in [-0.39, 0.29) is 72.1 Å². The summed E-state index contributed by atoms with van der Waals surface area (Å²) in [6, 6.07) is 4.03. The second-order valence-corrected chi connectivity index (χ2v) is 10.2. The average Bonchev–Trinajstić information content (AvgIpc) is 3.73. The quantitative estimate of drug-likeness (QED) is 0.345. The number of phenols is 1. The fourth-order valence-electron chi connectivity index (χ4n) is 5.16. The Morgan fingerprint density at radius 3 is 2.53 bits per heavy atom. The highest BCUT2D eigenvalue weighted by Crippen LogP contribution is 2.37. The van der Waals surface area contributed by atoms with Crippen LogP contribution in [0.15, 0.2) is 47.6 Å². The molecule has 2 N–H and O–H groups in total. The van der Waals surface area contributed by atoms with E-state index in [1.807, 2.05) is 0 Å². The van der Waals surface area contributed by atoms with Crippen molar-refractivity contribution in [3.8, 4) is 28.6 Å². The monoisotopic (exact) mass is 602 g/mol. The van der Waals surface area contributed by atoms with Crippen LogP contribution < -0.4 is 4.74 Å². The van der Waals surface area contributed by atoms with Crippen molar-refractivity contribution in [2.45, 2.75) is 37.6 Å². The Kier molecular flexibility index (Phi) is 7.29. The van der Waals surface area contributed by atoms with Gasteiger partial charge in [0.05, 0.1) is 29.1 Å². The standard InChI is InChI=1S/C27H25F3N6O7/c28-27(29,30)22-19(14-41-33-22)20-13-32-23-24(31-5-6-36(20)23)42-17-3-4-18(21(38)12-17)25(39)34-7-9-35(10-8-34)26(40)43-16-2-1-15(37)11-16/h3-6,12-16,37-38H,1-2,7-11H2/t15-,16+/m1/s1. The number of aliphatic hydroxyl groups is 1. The molecule has 13 nitrogen and oxygen atoms in total. The molecule has 0 unspecified atom stereocenters. The fraction of sp³-hybridized carbons (Fsp3) is 0.370. The zero-order valence-corrected chi connectivity index (χ0v) is 22.4. The van der Waals surface area contributed by atoms with Crippen LogP contribution in [-0.4, -0.2) is 89.9 Å². The first-order valence-corrected chi connectivity index (χ1v) is 13.4. The number of aromatic hydroxyl groups is 1. The van der Waals surface area contributed by atoms with Gasteiger partial charge in [-0.25, -0.2) is 14.8 Å². The third kappa shape index (κ3) is 5.64. The number of halogens is 3. The third-order valence-electron chi connectivity index (χ3n) is 7.37. The van der Waals surface area contributed by atoms with E-state index < -0.39 is 30.0 Å². The molecule has 0 spiro atoms. The van der Waals surface area contributed by atoms with Gasteiger partial charge in [0.15, 0.2) is 5.69 Å². The van der Waals surface area contributed by atoms with Crippen LogP contribution in [0.5, 0.6) is 17.4 Å². The van der Waals surface area contributed by atoms with Gasteiger partial charge in [-0.15, -0.1) is 0 Å². The van der Waals surface area contributed by atoms with E-state index in [1.54, 1.807) is 0 Å². The van der Waals surface area contributed by atoms with E-state index in [0.717, 1.165) is 6.26 Å². The number of fused-ring (bicyclic) bond motifs is 1. The van der Waals surface area contributed by atoms with E-state index in [0.29, 0.717) is 19.3 Å². The number of aromatic nitrogens is 4. The molecule has 1 aliphatic heterocycles. The number of carbonyl (C=O) groups is 2. The number of piperazine rings is 1. The van der Waals surface area contributed by atoms with Crippen molar-refractivity contribution in [2.24, 2.45) is 0 Å². The number of amides is 2. The van der Waals surface area contributed by atoms with E-state index in [9.17, 15) is 33.0 Å². The number of phenolic OH excluding ortho intramolecular Hbond substituents is 1. The summed E-state index contributed by atoms with van der Waals surface area (Å²) in [5.74, 6) is -0.764. The minimum atomic E-state index is -4.74. The number of hydrogen-bond acceptors (Lipinski definition) is 10. The van der Waals surface area contributed by atoms with Crippen LogP contribution in [0.25, 0.3) is 16.9 Å². The maximum Gasteiger partial charge on any atom is 0.437 e. The molecule has 4 heterocycles. The van der Waals surface area contributed by atoms with Gasteiger partial charge < -0.3 is 34.0 Å². The van der Waals surface area contributed by atoms with E-state index in [1.165, 1.54) is 51.0 Å². The minimum absolute atomic E-state index is 0.0183. The first-order chi connectivity index (χ1) is 20.6. The van der Waals surface area contributed by atoms with Gasteiger partial charge in [-0.3, -0.25) is 9.20 Å². The Labute approximate surface area is 241 Å². The van der Waals surface area contributed by atoms with Crippen molar-refractivity contribution in [2.75, 3.05) is 26.2 Å². The lowest BCUT2D eigenvalue weighted by molar-refractivity contribution is -0.142. The molecule has 0 bridgehead atoms. The molecule has 2 atom stereocenters. The first kappa shape index (κ1) is 28.3. The lowest BCUT2D eigenvalue weighted by Gasteiger charge is -2.34. The number of imidazole rings is 1. The Hall–Kier alpha value is -4.86. The molecule has 226 valence electrons. The highest BCUT2D eigenvalue weighted by Gasteiger charge is 2.39. The normalized spacial score (nSPS) is 19.2. The van der Waals surface area contributed by atoms with Crippen molar-refractivity contribution in [1.29, 1.82) is 0 Å². The summed E-state index contributed by atoms with van der Waals surface area (Å²) in [5.41, 5.74) is -1.36. The van der Waals surface area contributed by atoms with Crippen LogP contribution in [0.1, 0.15) is 35.3 Å². The second-order valence-electron chi connectivity index (χ2n) is 10.2. The Balaban J connectivity index is 1.12. The maximum atomic E-state index is 13.3. The number of hydrogen-bond donors (Lipinski definition) is 2. The summed E-state index contributed by atoms with van der Waals surface area (Å²) in [4.78, 5) is 36.8. The molecule has 1 saturated carbocycles. The van der Waals surface area contributed by atoms with Crippen molar-refractivity contribution >= 4 is 17.6 Å². The van der Waals surface area contributed by atoms with Crippen LogP contribution in [0.4, 0.5) is 18.0 Å². The summed E-state index contributed by atoms with van der Waals surface area (Å²) < 4.78 is 57.1. The van der Waals surface area contributed by atoms with Crippen molar-refractivity contribution < 1.29 is 47.0 Å². The smallest absolute Gasteiger partial charge is 0.437 e. The Bertz CT molecular complexity index is 1660. The number of alkyl halides is 3. The molecule has 2 amide bonds. The van der Waals surface area contributed by atoms with Crippen molar-refractivity contribution in [1.82, 2.24) is 29.3 Å². The molecule has 1 aromatic carbocycles. The van der Waals surface area contributed by atoms with Gasteiger partial charge in [-0.1, -0.05) is 5.16 Å². The number of carbonyl (C=O) groups excluding carboxylic acids is 2. The van der Waals surface area contributed by atoms with Gasteiger partial charge in [0.25, 0.3) is 11.8 Å². The fourth-order valence-corrected chi connectivity index (χ4v) is 5.16. The molecule has 2 aliphatic rings. The Morgan fingerprint density at radius 2 is 1.84 bits per heavy atom. The zero-order chi connectivity index (χ0) is 30.3. The van der Waals surface area contributed by atoms with Crippen molar-refractivity contribution in [3.05, 3.63) is 54.3 Å². The molecule has 1 saturated heterocycles. The summed E-state index contributed by atoms with van der Waals surface area (Å²) in [6.45, 7) is 0.969. The van der Waals surface area contributed by atoms with Gasteiger partial charge in [0.2, 0.25) is 5.65 Å². The Morgan fingerprint density at radius 1 is 1.07 bits per heavy atom. The molecular weight excluding hydrogens is 577 g/mol. The number of aliphatic hydroxyl groups excluding tert-OH is 1. The number of rotatable bonds is 5. The summed E-state index contributed by atoms with van der Waals surface area (Å²) >= 11 is 0. The van der Waals surface area contributed by atoms with E-state index in [2.05, 4.69) is 19.6 Å². The van der Waals surface area contributed by atoms with Gasteiger partial charge in [-0.05, 0) is 25.0 Å². The molecule has 0 radical (unpaired) electrons. The van der Waals surface area contributed by atoms with Crippen molar-refractivity contribution in [3.63, 3.8) is 0 Å². The highest BCUT2D eigenvalue weighted by molar-refractivity contribution is 5.97. The number of benzene rings is 1. The van der Waals surface area contributed by atoms with Crippen LogP contribution in [0.2, 0.25) is 0 Å². The largest absolute Gasteiger partial charge is 0.507 e. The SMILES string of the molecule is O=C(O[C@H]1CC[C@@H](O)C1)N1CCN(C(=O)c2ccc(Oc3nccn4c(-c5conc5C(F)(F)F)cnc34)cc2O)CC1. The summed E-state index contributed by atoms with van der Waals surface area (Å²) in [6.07, 6.45) is 0.413. The van der Waals surface area contributed by atoms with Crippen LogP contribution in [0.3, 0.4) is 0 Å². The first-order valence-electron chi connectivity index (χ1n) is 13.4. The zero-order valence-electron chi connectivity index (χ0n) is 22.4. The molecule has 3 aromatic heterocycles. The van der Waals surface area contributed by atoms with Crippen LogP contribution in [-0.2, 0) is 10.9 Å². The lowest BCUT2D eigenvalue weighted by Crippen LogP contribution is -2.51. The predicted molar refractivity (Wildman–Crippen MR) is 139 cm³/mol. The molecule has 4 aromatic rings. The van der Waals surface area contributed by atoms with Gasteiger partial charge in [-0.2, -0.15) is 13.2 Å². The molecule has 6 rings (SSSR count). The summed E-state index contributed by atoms with van der Waals surface area (Å²) in [5, 5.41) is 23.3. The van der Waals surface area contributed by atoms with Crippen LogP contribution in [0, 0.1) is 0 Å². The molecule has 43 heavy (non-hydrogen) atoms. The van der Waals surface area contributed by atoms with E-state index >= 15 is 0 Å². The topological polar surface area (TPSA) is 156 Å². The molecular formula is C27H25F3N6O7. The maximum absolute atomic E-state index is 13.3. The third-order valence-corrected chi connectivity index (χ3v) is 7.37. The van der Waals surface area contributed by atoms with Gasteiger partial charge in [0.1, 0.15) is 23.9 Å². The minimum Gasteiger partial charge on any atom is -0.507 e. The van der Waals surface area contributed by atoms with E-state index in [4.69, 9.17) is 9.47 Å². The van der Waals surface area contributed by atoms with Gasteiger partial charge >= 0.3 is 12.3 Å². The molecule has 2 fully saturated rings. The van der Waals surface area contributed by atoms with Crippen LogP contribution >= 0.6 is 0 Å². The lowest BCUT2D eigenvalue weighted by atomic mass is 10.1. The second kappa shape index (κ2) is 11.1. The number of ether oxygens (including phenoxy) is 2. The predicted octanol–water partition coefficient (Wildman–Crippen LogP) is 3.71. The molecule has 16 heteroatoms. The molecule has 1 aliphatic carbocycles. The average molecular weight is 603 g/mol.